The summed E-state index contributed by atoms with van der Waals surface area (Å²) in [5.74, 6) is 1.69. The molecule has 0 atom stereocenters. The van der Waals surface area contributed by atoms with E-state index in [0.717, 1.165) is 27.7 Å². The number of thioether (sulfide) groups is 1. The molecule has 0 spiro atoms. The highest BCUT2D eigenvalue weighted by molar-refractivity contribution is 7.98. The highest BCUT2D eigenvalue weighted by Crippen LogP contribution is 2.29. The van der Waals surface area contributed by atoms with Gasteiger partial charge in [0.15, 0.2) is 0 Å². The van der Waals surface area contributed by atoms with Crippen LogP contribution in [0, 0.1) is 0 Å². The first-order chi connectivity index (χ1) is 13.2. The first-order valence-corrected chi connectivity index (χ1v) is 9.89. The summed E-state index contributed by atoms with van der Waals surface area (Å²) in [7, 11) is 1.65. The van der Waals surface area contributed by atoms with Gasteiger partial charge in [0.1, 0.15) is 16.5 Å². The average molecular weight is 397 g/mol. The van der Waals surface area contributed by atoms with Crippen LogP contribution in [0.3, 0.4) is 0 Å². The lowest BCUT2D eigenvalue weighted by atomic mass is 10.2. The fourth-order valence-electron chi connectivity index (χ4n) is 2.40. The van der Waals surface area contributed by atoms with E-state index >= 15 is 0 Å². The molecule has 0 saturated carbocycles. The van der Waals surface area contributed by atoms with Crippen molar-refractivity contribution < 1.29 is 9.84 Å². The van der Waals surface area contributed by atoms with Crippen molar-refractivity contribution >= 4 is 23.1 Å². The zero-order chi connectivity index (χ0) is 18.6. The van der Waals surface area contributed by atoms with Gasteiger partial charge >= 0.3 is 0 Å². The van der Waals surface area contributed by atoms with E-state index in [4.69, 9.17) is 9.72 Å². The second-order valence-corrected chi connectivity index (χ2v) is 7.35. The topological polar surface area (TPSA) is 86.0 Å². The Bertz CT molecular complexity index is 1030. The van der Waals surface area contributed by atoms with Gasteiger partial charge < -0.3 is 9.84 Å². The van der Waals surface area contributed by atoms with Crippen LogP contribution in [0.2, 0.25) is 0 Å². The second kappa shape index (κ2) is 7.77. The van der Waals surface area contributed by atoms with Crippen molar-refractivity contribution in [3.63, 3.8) is 0 Å². The van der Waals surface area contributed by atoms with Gasteiger partial charge in [0.2, 0.25) is 5.16 Å². The smallest absolute Gasteiger partial charge is 0.214 e. The van der Waals surface area contributed by atoms with Gasteiger partial charge in [-0.25, -0.2) is 4.98 Å². The third-order valence-corrected chi connectivity index (χ3v) is 5.67. The summed E-state index contributed by atoms with van der Waals surface area (Å²) in [5.41, 5.74) is 2.82. The predicted molar refractivity (Wildman–Crippen MR) is 104 cm³/mol. The van der Waals surface area contributed by atoms with E-state index in [2.05, 4.69) is 15.5 Å². The molecule has 0 bridgehead atoms. The van der Waals surface area contributed by atoms with Crippen molar-refractivity contribution in [3.05, 3.63) is 59.6 Å². The Balaban J connectivity index is 1.46. The highest BCUT2D eigenvalue weighted by atomic mass is 32.2. The van der Waals surface area contributed by atoms with Crippen molar-refractivity contribution in [2.24, 2.45) is 0 Å². The quantitative estimate of drug-likeness (QED) is 0.495. The van der Waals surface area contributed by atoms with E-state index in [-0.39, 0.29) is 5.75 Å². The molecule has 2 heterocycles. The number of phenols is 1. The molecule has 0 aliphatic carbocycles. The molecule has 1 N–H and O–H groups in total. The maximum atomic E-state index is 9.42. The molecule has 0 fully saturated rings. The lowest BCUT2D eigenvalue weighted by molar-refractivity contribution is 0.415. The van der Waals surface area contributed by atoms with Gasteiger partial charge in [0, 0.05) is 16.7 Å². The molecule has 2 aromatic heterocycles. The molecule has 9 heteroatoms. The van der Waals surface area contributed by atoms with Gasteiger partial charge in [-0.05, 0) is 59.0 Å². The lowest BCUT2D eigenvalue weighted by Gasteiger charge is -2.03. The van der Waals surface area contributed by atoms with Crippen molar-refractivity contribution in [2.75, 3.05) is 7.11 Å². The summed E-state index contributed by atoms with van der Waals surface area (Å²) in [6.07, 6.45) is 0. The molecule has 136 valence electrons. The number of hydrogen-bond acceptors (Lipinski definition) is 8. The Hall–Kier alpha value is -2.91. The van der Waals surface area contributed by atoms with Crippen LogP contribution in [0.1, 0.15) is 5.69 Å². The molecule has 0 aliphatic rings. The number of phenolic OH excluding ortho intramolecular Hbond substituents is 1. The van der Waals surface area contributed by atoms with Crippen LogP contribution in [0.25, 0.3) is 16.3 Å². The van der Waals surface area contributed by atoms with Gasteiger partial charge in [0.05, 0.1) is 18.5 Å². The SMILES string of the molecule is COc1ccc(-c2nc(CSc3nnnn3-c3ccc(O)cc3)cs2)cc1. The van der Waals surface area contributed by atoms with E-state index in [9.17, 15) is 5.11 Å². The van der Waals surface area contributed by atoms with Crippen LogP contribution in [0.4, 0.5) is 0 Å². The first-order valence-electron chi connectivity index (χ1n) is 8.02. The van der Waals surface area contributed by atoms with Crippen molar-refractivity contribution in [3.8, 4) is 27.8 Å². The third kappa shape index (κ3) is 3.93. The van der Waals surface area contributed by atoms with Gasteiger partial charge in [-0.2, -0.15) is 4.68 Å². The Kier molecular flexibility index (Phi) is 5.03. The normalized spacial score (nSPS) is 10.9. The fraction of sp³-hybridized carbons (Fsp3) is 0.111. The van der Waals surface area contributed by atoms with Gasteiger partial charge in [0.25, 0.3) is 0 Å². The number of nitrogens with zero attached hydrogens (tertiary/aromatic N) is 5. The van der Waals surface area contributed by atoms with Crippen LogP contribution < -0.4 is 4.74 Å². The Morgan fingerprint density at radius 1 is 1.11 bits per heavy atom. The molecule has 4 aromatic rings. The summed E-state index contributed by atoms with van der Waals surface area (Å²) < 4.78 is 6.83. The molecule has 27 heavy (non-hydrogen) atoms. The summed E-state index contributed by atoms with van der Waals surface area (Å²) in [6, 6.07) is 14.6. The Morgan fingerprint density at radius 2 is 1.89 bits per heavy atom. The van der Waals surface area contributed by atoms with E-state index in [0.29, 0.717) is 10.9 Å². The van der Waals surface area contributed by atoms with Crippen LogP contribution >= 0.6 is 23.1 Å². The van der Waals surface area contributed by atoms with Gasteiger partial charge in [-0.1, -0.05) is 11.8 Å². The standard InChI is InChI=1S/C18H15N5O2S2/c1-25-16-8-2-12(3-9-16)17-19-13(10-26-17)11-27-18-20-21-22-23(18)14-4-6-15(24)7-5-14/h2-10,24H,11H2,1H3. The molecule has 0 aliphatic heterocycles. The zero-order valence-electron chi connectivity index (χ0n) is 14.3. The van der Waals surface area contributed by atoms with Crippen molar-refractivity contribution in [1.82, 2.24) is 25.2 Å². The van der Waals surface area contributed by atoms with Crippen LogP contribution in [-0.4, -0.2) is 37.4 Å². The molecular formula is C18H15N5O2S2. The molecule has 0 unspecified atom stereocenters. The zero-order valence-corrected chi connectivity index (χ0v) is 15.9. The average Bonchev–Trinajstić information content (AvgIpc) is 3.36. The van der Waals surface area contributed by atoms with E-state index in [1.165, 1.54) is 11.8 Å². The number of aromatic nitrogens is 5. The first kappa shape index (κ1) is 17.5. The summed E-state index contributed by atoms with van der Waals surface area (Å²) >= 11 is 3.11. The number of aromatic hydroxyl groups is 1. The van der Waals surface area contributed by atoms with Crippen LogP contribution in [0.15, 0.2) is 59.1 Å². The number of tetrazole rings is 1. The Labute approximate surface area is 163 Å². The minimum atomic E-state index is 0.203. The largest absolute Gasteiger partial charge is 0.508 e. The molecule has 0 saturated heterocycles. The van der Waals surface area contributed by atoms with Gasteiger partial charge in [-0.3, -0.25) is 0 Å². The molecule has 7 nitrogen and oxygen atoms in total. The molecular weight excluding hydrogens is 382 g/mol. The fourth-order valence-corrected chi connectivity index (χ4v) is 4.12. The number of ether oxygens (including phenoxy) is 1. The third-order valence-electron chi connectivity index (χ3n) is 3.77. The van der Waals surface area contributed by atoms with Crippen LogP contribution in [-0.2, 0) is 5.75 Å². The predicted octanol–water partition coefficient (Wildman–Crippen LogP) is 3.79. The second-order valence-electron chi connectivity index (χ2n) is 5.55. The highest BCUT2D eigenvalue weighted by Gasteiger charge is 2.11. The molecule has 0 radical (unpaired) electrons. The summed E-state index contributed by atoms with van der Waals surface area (Å²) in [5, 5.41) is 24.9. The van der Waals surface area contributed by atoms with Crippen molar-refractivity contribution in [1.29, 1.82) is 0 Å². The maximum absolute atomic E-state index is 9.42. The number of benzene rings is 2. The van der Waals surface area contributed by atoms with Crippen molar-refractivity contribution in [2.45, 2.75) is 10.9 Å². The number of rotatable bonds is 6. The number of methoxy groups -OCH3 is 1. The summed E-state index contributed by atoms with van der Waals surface area (Å²) in [4.78, 5) is 4.70. The molecule has 2 aromatic carbocycles. The van der Waals surface area contributed by atoms with E-state index in [1.807, 2.05) is 29.6 Å². The number of thiazole rings is 1. The van der Waals surface area contributed by atoms with Gasteiger partial charge in [-0.15, -0.1) is 16.4 Å². The van der Waals surface area contributed by atoms with E-state index < -0.39 is 0 Å². The lowest BCUT2D eigenvalue weighted by Crippen LogP contribution is -1.98. The van der Waals surface area contributed by atoms with E-state index in [1.54, 1.807) is 47.4 Å². The number of hydrogen-bond donors (Lipinski definition) is 1. The summed E-state index contributed by atoms with van der Waals surface area (Å²) in [6.45, 7) is 0. The Morgan fingerprint density at radius 3 is 2.63 bits per heavy atom. The molecule has 4 rings (SSSR count). The van der Waals surface area contributed by atoms with Crippen LogP contribution in [0.5, 0.6) is 11.5 Å². The minimum absolute atomic E-state index is 0.203. The monoisotopic (exact) mass is 397 g/mol. The molecule has 0 amide bonds. The minimum Gasteiger partial charge on any atom is -0.508 e. The maximum Gasteiger partial charge on any atom is 0.214 e.